The molecule has 0 radical (unpaired) electrons. The molecule has 5 nitrogen and oxygen atoms in total. The summed E-state index contributed by atoms with van der Waals surface area (Å²) in [5.41, 5.74) is 2.64. The summed E-state index contributed by atoms with van der Waals surface area (Å²) in [7, 11) is -3.94. The molecule has 0 saturated heterocycles. The minimum absolute atomic E-state index is 0.00401. The summed E-state index contributed by atoms with van der Waals surface area (Å²) in [4.78, 5) is 13.8. The fourth-order valence-corrected chi connectivity index (χ4v) is 2.86. The molecule has 0 bridgehead atoms. The zero-order valence-electron chi connectivity index (χ0n) is 13.6. The number of hydrazine groups is 1. The molecule has 0 spiro atoms. The SMILES string of the molecule is CC(C)(C)c1ccc(S(=O)(=O)NNC(=O)c2ccccc2F)cc1. The Bertz CT molecular complexity index is 841. The van der Waals surface area contributed by atoms with E-state index in [9.17, 15) is 17.6 Å². The van der Waals surface area contributed by atoms with E-state index >= 15 is 0 Å². The van der Waals surface area contributed by atoms with Gasteiger partial charge in [0.2, 0.25) is 0 Å². The van der Waals surface area contributed by atoms with E-state index < -0.39 is 21.7 Å². The Kier molecular flexibility index (Phi) is 5.05. The van der Waals surface area contributed by atoms with Crippen molar-refractivity contribution in [3.63, 3.8) is 0 Å². The number of nitrogens with one attached hydrogen (secondary N) is 2. The maximum Gasteiger partial charge on any atom is 0.269 e. The van der Waals surface area contributed by atoms with Gasteiger partial charge in [0.05, 0.1) is 10.5 Å². The minimum Gasteiger partial charge on any atom is -0.273 e. The maximum atomic E-state index is 13.5. The summed E-state index contributed by atoms with van der Waals surface area (Å²) >= 11 is 0. The topological polar surface area (TPSA) is 75.3 Å². The van der Waals surface area contributed by atoms with Crippen LogP contribution in [0.2, 0.25) is 0 Å². The second kappa shape index (κ2) is 6.70. The average Bonchev–Trinajstić information content (AvgIpc) is 2.52. The molecule has 2 aromatic carbocycles. The first-order chi connectivity index (χ1) is 11.1. The molecule has 2 aromatic rings. The van der Waals surface area contributed by atoms with Crippen LogP contribution in [-0.4, -0.2) is 14.3 Å². The summed E-state index contributed by atoms with van der Waals surface area (Å²) in [6.45, 7) is 6.05. The van der Waals surface area contributed by atoms with Crippen molar-refractivity contribution in [3.05, 3.63) is 65.5 Å². The van der Waals surface area contributed by atoms with Crippen LogP contribution in [0, 0.1) is 5.82 Å². The fraction of sp³-hybridized carbons (Fsp3) is 0.235. The molecule has 0 fully saturated rings. The van der Waals surface area contributed by atoms with Crippen LogP contribution >= 0.6 is 0 Å². The first kappa shape index (κ1) is 18.1. The van der Waals surface area contributed by atoms with E-state index in [2.05, 4.69) is 0 Å². The van der Waals surface area contributed by atoms with Crippen LogP contribution in [0.4, 0.5) is 4.39 Å². The number of amides is 1. The molecule has 0 aliphatic heterocycles. The van der Waals surface area contributed by atoms with Crippen molar-refractivity contribution in [1.82, 2.24) is 10.3 Å². The van der Waals surface area contributed by atoms with Crippen LogP contribution in [0.15, 0.2) is 53.4 Å². The van der Waals surface area contributed by atoms with Gasteiger partial charge in [-0.3, -0.25) is 10.2 Å². The molecule has 0 unspecified atom stereocenters. The van der Waals surface area contributed by atoms with E-state index in [-0.39, 0.29) is 15.9 Å². The average molecular weight is 350 g/mol. The van der Waals surface area contributed by atoms with Crippen LogP contribution < -0.4 is 10.3 Å². The molecule has 0 heterocycles. The van der Waals surface area contributed by atoms with E-state index in [0.29, 0.717) is 0 Å². The zero-order chi connectivity index (χ0) is 18.0. The van der Waals surface area contributed by atoms with Gasteiger partial charge in [0, 0.05) is 0 Å². The second-order valence-corrected chi connectivity index (χ2v) is 8.00. The molecule has 0 aromatic heterocycles. The van der Waals surface area contributed by atoms with Crippen molar-refractivity contribution in [2.24, 2.45) is 0 Å². The van der Waals surface area contributed by atoms with Gasteiger partial charge in [-0.25, -0.2) is 12.8 Å². The van der Waals surface area contributed by atoms with Gasteiger partial charge in [-0.2, -0.15) is 0 Å². The number of halogens is 1. The van der Waals surface area contributed by atoms with Crippen molar-refractivity contribution in [2.45, 2.75) is 31.1 Å². The Hall–Kier alpha value is -2.25. The highest BCUT2D eigenvalue weighted by molar-refractivity contribution is 7.89. The first-order valence-electron chi connectivity index (χ1n) is 7.28. The van der Waals surface area contributed by atoms with Gasteiger partial charge in [-0.05, 0) is 35.2 Å². The Labute approximate surface area is 140 Å². The number of hydrogen-bond donors (Lipinski definition) is 2. The van der Waals surface area contributed by atoms with Crippen molar-refractivity contribution in [2.75, 3.05) is 0 Å². The molecule has 2 rings (SSSR count). The smallest absolute Gasteiger partial charge is 0.269 e. The van der Waals surface area contributed by atoms with Gasteiger partial charge in [-0.15, -0.1) is 4.83 Å². The predicted octanol–water partition coefficient (Wildman–Crippen LogP) is 2.75. The Morgan fingerprint density at radius 1 is 1.00 bits per heavy atom. The van der Waals surface area contributed by atoms with E-state index in [0.717, 1.165) is 11.6 Å². The highest BCUT2D eigenvalue weighted by Crippen LogP contribution is 2.23. The van der Waals surface area contributed by atoms with Gasteiger partial charge in [0.1, 0.15) is 5.82 Å². The normalized spacial score (nSPS) is 12.0. The van der Waals surface area contributed by atoms with E-state index in [1.54, 1.807) is 12.1 Å². The Balaban J connectivity index is 2.12. The largest absolute Gasteiger partial charge is 0.273 e. The number of hydrogen-bond acceptors (Lipinski definition) is 3. The molecule has 0 atom stereocenters. The summed E-state index contributed by atoms with van der Waals surface area (Å²) in [5.74, 6) is -1.60. The van der Waals surface area contributed by atoms with E-state index in [1.165, 1.54) is 30.3 Å². The Morgan fingerprint density at radius 3 is 2.12 bits per heavy atom. The van der Waals surface area contributed by atoms with E-state index in [4.69, 9.17) is 0 Å². The molecule has 0 aliphatic rings. The van der Waals surface area contributed by atoms with E-state index in [1.807, 2.05) is 31.0 Å². The van der Waals surface area contributed by atoms with Crippen molar-refractivity contribution in [3.8, 4) is 0 Å². The monoisotopic (exact) mass is 350 g/mol. The molecule has 24 heavy (non-hydrogen) atoms. The van der Waals surface area contributed by atoms with Crippen molar-refractivity contribution in [1.29, 1.82) is 0 Å². The second-order valence-electron chi connectivity index (χ2n) is 6.31. The van der Waals surface area contributed by atoms with Gasteiger partial charge in [-0.1, -0.05) is 45.0 Å². The first-order valence-corrected chi connectivity index (χ1v) is 8.77. The van der Waals surface area contributed by atoms with Crippen LogP contribution in [0.25, 0.3) is 0 Å². The third-order valence-electron chi connectivity index (χ3n) is 3.45. The lowest BCUT2D eigenvalue weighted by Gasteiger charge is -2.19. The number of rotatable bonds is 4. The van der Waals surface area contributed by atoms with Gasteiger partial charge >= 0.3 is 0 Å². The summed E-state index contributed by atoms with van der Waals surface area (Å²) in [5, 5.41) is 0. The number of benzene rings is 2. The molecule has 128 valence electrons. The lowest BCUT2D eigenvalue weighted by atomic mass is 9.87. The third-order valence-corrected chi connectivity index (χ3v) is 4.71. The third kappa shape index (κ3) is 4.18. The highest BCUT2D eigenvalue weighted by Gasteiger charge is 2.19. The predicted molar refractivity (Wildman–Crippen MR) is 89.3 cm³/mol. The van der Waals surface area contributed by atoms with Crippen LogP contribution in [0.3, 0.4) is 0 Å². The molecule has 7 heteroatoms. The summed E-state index contributed by atoms with van der Waals surface area (Å²) in [6, 6.07) is 11.6. The van der Waals surface area contributed by atoms with Crippen LogP contribution in [0.1, 0.15) is 36.7 Å². The minimum atomic E-state index is -3.94. The molecule has 2 N–H and O–H groups in total. The van der Waals surface area contributed by atoms with Crippen LogP contribution in [0.5, 0.6) is 0 Å². The molecular formula is C17H19FN2O3S. The molecular weight excluding hydrogens is 331 g/mol. The maximum absolute atomic E-state index is 13.5. The molecule has 0 saturated carbocycles. The standard InChI is InChI=1S/C17H19FN2O3S/c1-17(2,3)12-8-10-13(11-9-12)24(22,23)20-19-16(21)14-6-4-5-7-15(14)18/h4-11,20H,1-3H3,(H,19,21). The van der Waals surface area contributed by atoms with Gasteiger partial charge in [0.25, 0.3) is 15.9 Å². The van der Waals surface area contributed by atoms with Crippen molar-refractivity contribution < 1.29 is 17.6 Å². The quantitative estimate of drug-likeness (QED) is 0.833. The highest BCUT2D eigenvalue weighted by atomic mass is 32.2. The lowest BCUT2D eigenvalue weighted by Crippen LogP contribution is -2.41. The fourth-order valence-electron chi connectivity index (χ4n) is 2.02. The number of carbonyl (C=O) groups is 1. The molecule has 1 amide bonds. The summed E-state index contributed by atoms with van der Waals surface area (Å²) < 4.78 is 37.9. The van der Waals surface area contributed by atoms with Crippen LogP contribution in [-0.2, 0) is 15.4 Å². The van der Waals surface area contributed by atoms with Crippen molar-refractivity contribution >= 4 is 15.9 Å². The lowest BCUT2D eigenvalue weighted by molar-refractivity contribution is 0.0941. The Morgan fingerprint density at radius 2 is 1.58 bits per heavy atom. The molecule has 0 aliphatic carbocycles. The van der Waals surface area contributed by atoms with Gasteiger partial charge < -0.3 is 0 Å². The number of carbonyl (C=O) groups excluding carboxylic acids is 1. The summed E-state index contributed by atoms with van der Waals surface area (Å²) in [6.07, 6.45) is 0. The number of sulfonamides is 1. The van der Waals surface area contributed by atoms with Gasteiger partial charge in [0.15, 0.2) is 0 Å². The zero-order valence-corrected chi connectivity index (χ0v) is 14.4.